The summed E-state index contributed by atoms with van der Waals surface area (Å²) >= 11 is 0. The summed E-state index contributed by atoms with van der Waals surface area (Å²) in [5.41, 5.74) is 5.86. The number of rotatable bonds is 16. The Labute approximate surface area is 455 Å². The molecule has 0 aliphatic carbocycles. The molecule has 9 unspecified atom stereocenters. The van der Waals surface area contributed by atoms with Crippen molar-refractivity contribution in [2.45, 2.75) is 93.4 Å². The fourth-order valence-electron chi connectivity index (χ4n) is 6.70. The zero-order chi connectivity index (χ0) is 57.2. The predicted octanol–water partition coefficient (Wildman–Crippen LogP) is -5.96. The summed E-state index contributed by atoms with van der Waals surface area (Å²) in [5.74, 6) is -17.0. The Kier molecular flexibility index (Phi) is 27.7. The van der Waals surface area contributed by atoms with E-state index in [0.717, 1.165) is 43.2 Å². The highest BCUT2D eigenvalue weighted by molar-refractivity contribution is 8.77. The number of guanidine groups is 1. The summed E-state index contributed by atoms with van der Waals surface area (Å²) in [6, 6.07) is -6.02. The summed E-state index contributed by atoms with van der Waals surface area (Å²) in [5, 5.41) is 65.4. The van der Waals surface area contributed by atoms with Gasteiger partial charge in [-0.3, -0.25) is 67.7 Å². The average molecular weight is 1160 g/mol. The van der Waals surface area contributed by atoms with Crippen LogP contribution in [0.15, 0.2) is 30.3 Å². The average Bonchev–Trinajstić information content (AvgIpc) is 3.37. The van der Waals surface area contributed by atoms with Crippen molar-refractivity contribution in [1.29, 1.82) is 5.41 Å². The first-order valence-electron chi connectivity index (χ1n) is 23.4. The van der Waals surface area contributed by atoms with Crippen LogP contribution < -0.4 is 69.5 Å². The van der Waals surface area contributed by atoms with Gasteiger partial charge >= 0.3 is 17.9 Å². The van der Waals surface area contributed by atoms with Gasteiger partial charge in [0.15, 0.2) is 5.96 Å². The highest BCUT2D eigenvalue weighted by Crippen LogP contribution is 2.25. The van der Waals surface area contributed by atoms with E-state index in [-0.39, 0.29) is 37.3 Å². The number of hydrogen-bond acceptors (Lipinski definition) is 19. The van der Waals surface area contributed by atoms with Gasteiger partial charge in [-0.25, -0.2) is 0 Å². The van der Waals surface area contributed by atoms with Crippen LogP contribution in [0.5, 0.6) is 0 Å². The van der Waals surface area contributed by atoms with Crippen molar-refractivity contribution in [3.05, 3.63) is 35.9 Å². The maximum atomic E-state index is 14.4. The summed E-state index contributed by atoms with van der Waals surface area (Å²) in [7, 11) is 4.76. The van der Waals surface area contributed by atoms with Crippen molar-refractivity contribution >= 4 is 126 Å². The van der Waals surface area contributed by atoms with Crippen molar-refractivity contribution in [3.63, 3.8) is 0 Å². The van der Waals surface area contributed by atoms with E-state index < -0.39 is 175 Å². The van der Waals surface area contributed by atoms with Gasteiger partial charge in [-0.15, -0.1) is 0 Å². The maximum Gasteiger partial charge on any atom is 0.322 e. The Morgan fingerprint density at radius 1 is 0.649 bits per heavy atom. The SMILES string of the molecule is CNC(C)C(=O)NC1CSSCC(C(=O)NCC(=O)O)NC(=O)C(Cc2ccccc2)NC(=O)C2CSSCC(NC(=O)C(CC(=O)O)NC1=O)C(=O)NC(CCCNC(=N)N)C(=O)NCC(=O)NC(CC(=O)O)C(=O)N2. The summed E-state index contributed by atoms with van der Waals surface area (Å²) in [4.78, 5) is 174. The van der Waals surface area contributed by atoms with Crippen LogP contribution in [0.4, 0.5) is 0 Å². The van der Waals surface area contributed by atoms with Crippen molar-refractivity contribution in [3.8, 4) is 0 Å². The second kappa shape index (κ2) is 33.2. The van der Waals surface area contributed by atoms with Crippen molar-refractivity contribution in [2.24, 2.45) is 5.73 Å². The molecular formula is C43H62N14O16S4. The van der Waals surface area contributed by atoms with Gasteiger partial charge in [-0.1, -0.05) is 73.5 Å². The minimum atomic E-state index is -1.94. The molecule has 2 heterocycles. The lowest BCUT2D eigenvalue weighted by atomic mass is 10.0. The number of aliphatic carboxylic acids is 3. The highest BCUT2D eigenvalue weighted by Gasteiger charge is 2.36. The second-order valence-electron chi connectivity index (χ2n) is 16.9. The summed E-state index contributed by atoms with van der Waals surface area (Å²) < 4.78 is 0. The molecule has 10 amide bonds. The van der Waals surface area contributed by atoms with Gasteiger partial charge in [0.1, 0.15) is 54.9 Å². The normalized spacial score (nSPS) is 24.4. The molecule has 0 saturated carbocycles. The number of carboxylic acids is 3. The number of benzene rings is 1. The Balaban J connectivity index is 2.24. The first-order valence-corrected chi connectivity index (χ1v) is 28.4. The molecule has 34 heteroatoms. The van der Waals surface area contributed by atoms with Crippen LogP contribution in [-0.2, 0) is 68.7 Å². The van der Waals surface area contributed by atoms with E-state index in [0.29, 0.717) is 5.56 Å². The van der Waals surface area contributed by atoms with Crippen molar-refractivity contribution in [1.82, 2.24) is 63.8 Å². The fourth-order valence-corrected chi connectivity index (χ4v) is 11.4. The van der Waals surface area contributed by atoms with Crippen LogP contribution in [0.3, 0.4) is 0 Å². The molecule has 2 bridgehead atoms. The van der Waals surface area contributed by atoms with E-state index in [2.05, 4.69) is 63.8 Å². The van der Waals surface area contributed by atoms with E-state index in [1.807, 2.05) is 0 Å². The maximum absolute atomic E-state index is 14.4. The van der Waals surface area contributed by atoms with Crippen LogP contribution in [-0.4, -0.2) is 202 Å². The Bertz CT molecular complexity index is 2340. The van der Waals surface area contributed by atoms with Crippen LogP contribution in [0.1, 0.15) is 38.2 Å². The number of carboxylic acid groups (broad SMARTS) is 3. The Hall–Kier alpha value is -7.04. The first-order chi connectivity index (χ1) is 36.5. The molecule has 0 spiro atoms. The number of amides is 10. The largest absolute Gasteiger partial charge is 0.481 e. The van der Waals surface area contributed by atoms with Crippen molar-refractivity contribution < 1.29 is 77.6 Å². The van der Waals surface area contributed by atoms with Gasteiger partial charge in [0, 0.05) is 36.0 Å². The van der Waals surface area contributed by atoms with E-state index in [4.69, 9.17) is 11.1 Å². The lowest BCUT2D eigenvalue weighted by Gasteiger charge is -2.27. The molecule has 30 nitrogen and oxygen atoms in total. The Morgan fingerprint density at radius 2 is 1.18 bits per heavy atom. The smallest absolute Gasteiger partial charge is 0.322 e. The van der Waals surface area contributed by atoms with E-state index in [9.17, 15) is 77.6 Å². The van der Waals surface area contributed by atoms with E-state index in [1.165, 1.54) is 14.0 Å². The van der Waals surface area contributed by atoms with Gasteiger partial charge in [0.05, 0.1) is 25.4 Å². The second-order valence-corrected chi connectivity index (χ2v) is 22.0. The van der Waals surface area contributed by atoms with Crippen molar-refractivity contribution in [2.75, 3.05) is 49.7 Å². The molecule has 9 atom stereocenters. The quantitative estimate of drug-likeness (QED) is 0.0317. The van der Waals surface area contributed by atoms with Gasteiger partial charge < -0.3 is 84.9 Å². The lowest BCUT2D eigenvalue weighted by Crippen LogP contribution is -2.60. The first kappa shape index (κ1) is 64.2. The number of nitrogens with one attached hydrogen (secondary N) is 13. The molecule has 1 aromatic carbocycles. The molecule has 2 aliphatic rings. The minimum Gasteiger partial charge on any atom is -0.481 e. The molecule has 3 rings (SSSR count). The molecule has 0 radical (unpaired) electrons. The zero-order valence-electron chi connectivity index (χ0n) is 41.4. The van der Waals surface area contributed by atoms with Gasteiger partial charge in [0.2, 0.25) is 59.1 Å². The molecule has 2 fully saturated rings. The number of hydrogen-bond donors (Lipinski definition) is 17. The fraction of sp³-hybridized carbons (Fsp3) is 0.535. The van der Waals surface area contributed by atoms with Gasteiger partial charge in [-0.2, -0.15) is 0 Å². The predicted molar refractivity (Wildman–Crippen MR) is 281 cm³/mol. The molecule has 2 aliphatic heterocycles. The molecule has 424 valence electrons. The number of likely N-dealkylation sites (N-methyl/N-ethyl adjacent to an activating group) is 1. The third-order valence-corrected chi connectivity index (χ3v) is 15.7. The zero-order valence-corrected chi connectivity index (χ0v) is 44.7. The summed E-state index contributed by atoms with van der Waals surface area (Å²) in [6.45, 7) is -0.291. The van der Waals surface area contributed by atoms with E-state index in [1.54, 1.807) is 30.3 Å². The minimum absolute atomic E-state index is 0.0237. The third kappa shape index (κ3) is 23.8. The number of carbonyl (C=O) groups is 13. The molecule has 77 heavy (non-hydrogen) atoms. The van der Waals surface area contributed by atoms with Gasteiger partial charge in [-0.05, 0) is 32.4 Å². The molecule has 18 N–H and O–H groups in total. The van der Waals surface area contributed by atoms with E-state index >= 15 is 0 Å². The van der Waals surface area contributed by atoms with Crippen LogP contribution in [0.2, 0.25) is 0 Å². The molecule has 2 saturated heterocycles. The standard InChI is InChI=1S/C43H62N14O16S4/c1-20(46-2)34(65)54-27-17-75-74-16-26(36(67)49-15-33(63)64)55-37(68)23(11-21-7-4-3-5-8-21)52-42(73)29-19-77-76-18-28(57-39(70)25(13-32(61)62)53-41(27)72)40(71)51-22(9-6-10-47-43(44)45)35(66)48-14-30(58)50-24(12-31(59)60)38(69)56-29/h3-5,7-8,20,22-29,46H,6,9-19H2,1-2H3,(H,48,66)(H,49,67)(H,50,58)(H,51,71)(H,52,73)(H,53,72)(H,54,65)(H,55,68)(H,56,69)(H,57,70)(H,59,60)(H,61,62)(H,63,64)(H4,44,45,47). The van der Waals surface area contributed by atoms with Crippen LogP contribution in [0, 0.1) is 5.41 Å². The molecular weight excluding hydrogens is 1100 g/mol. The lowest BCUT2D eigenvalue weighted by molar-refractivity contribution is -0.141. The molecule has 0 aromatic heterocycles. The third-order valence-electron chi connectivity index (χ3n) is 10.9. The number of carbonyl (C=O) groups excluding carboxylic acids is 10. The number of fused-ring (bicyclic) bond motifs is 5. The number of nitrogens with two attached hydrogens (primary N) is 1. The monoisotopic (exact) mass is 1160 g/mol. The summed E-state index contributed by atoms with van der Waals surface area (Å²) in [6.07, 6.45) is -2.46. The van der Waals surface area contributed by atoms with Crippen LogP contribution in [0.25, 0.3) is 0 Å². The highest BCUT2D eigenvalue weighted by atomic mass is 33.1. The van der Waals surface area contributed by atoms with Gasteiger partial charge in [0.25, 0.3) is 0 Å². The van der Waals surface area contributed by atoms with Crippen LogP contribution >= 0.6 is 43.2 Å². The Morgan fingerprint density at radius 3 is 1.74 bits per heavy atom. The topological polar surface area (TPSA) is 477 Å². The molecule has 1 aromatic rings.